The van der Waals surface area contributed by atoms with Gasteiger partial charge in [-0.25, -0.2) is 0 Å². The van der Waals surface area contributed by atoms with Crippen LogP contribution in [0.4, 0.5) is 5.69 Å². The molecule has 2 unspecified atom stereocenters. The van der Waals surface area contributed by atoms with Gasteiger partial charge in [0.05, 0.1) is 11.2 Å². The molecule has 3 rings (SSSR count). The fourth-order valence-corrected chi connectivity index (χ4v) is 4.26. The first-order chi connectivity index (χ1) is 9.76. The molecule has 0 aromatic carbocycles. The van der Waals surface area contributed by atoms with Gasteiger partial charge < -0.3 is 5.32 Å². The fraction of sp³-hybridized carbons (Fsp3) is 0.467. The predicted molar refractivity (Wildman–Crippen MR) is 90.4 cm³/mol. The zero-order valence-electron chi connectivity index (χ0n) is 11.5. The number of nitrogens with one attached hydrogen (secondary N) is 1. The number of hydrogen-bond acceptors (Lipinski definition) is 4. The minimum absolute atomic E-state index is 0.565. The number of hydrogen-bond donors (Lipinski definition) is 1. The Kier molecular flexibility index (Phi) is 4.46. The molecular formula is C15H18BrN3S. The molecule has 0 radical (unpaired) electrons. The molecule has 2 heterocycles. The van der Waals surface area contributed by atoms with E-state index in [1.165, 1.54) is 25.0 Å². The molecule has 0 amide bonds. The Labute approximate surface area is 132 Å². The number of nitrogens with zero attached hydrogens (tertiary/aromatic N) is 2. The van der Waals surface area contributed by atoms with Crippen LogP contribution in [0.2, 0.25) is 0 Å². The van der Waals surface area contributed by atoms with Crippen LogP contribution < -0.4 is 5.32 Å². The Morgan fingerprint density at radius 3 is 3.15 bits per heavy atom. The standard InChI is InChI=1S/C15H18BrN3S/c1-2-20-12-4-3-11(8-12)19-13-5-6-17-14-7-10(16)9-18-15(13)14/h5-7,9,11-12H,2-4,8H2,1H3,(H,17,19). The Morgan fingerprint density at radius 2 is 2.30 bits per heavy atom. The second-order valence-electron chi connectivity index (χ2n) is 5.11. The van der Waals surface area contributed by atoms with Crippen LogP contribution in [0.3, 0.4) is 0 Å². The van der Waals surface area contributed by atoms with Gasteiger partial charge in [-0.2, -0.15) is 11.8 Å². The van der Waals surface area contributed by atoms with E-state index in [-0.39, 0.29) is 0 Å². The lowest BCUT2D eigenvalue weighted by Gasteiger charge is -2.15. The summed E-state index contributed by atoms with van der Waals surface area (Å²) in [5.41, 5.74) is 3.00. The normalized spacial score (nSPS) is 22.3. The van der Waals surface area contributed by atoms with Crippen LogP contribution in [0.15, 0.2) is 29.0 Å². The average Bonchev–Trinajstić information content (AvgIpc) is 2.86. The van der Waals surface area contributed by atoms with Crippen LogP contribution in [0.5, 0.6) is 0 Å². The molecule has 0 bridgehead atoms. The van der Waals surface area contributed by atoms with Crippen molar-refractivity contribution in [2.24, 2.45) is 0 Å². The van der Waals surface area contributed by atoms with E-state index in [4.69, 9.17) is 0 Å². The largest absolute Gasteiger partial charge is 0.380 e. The highest BCUT2D eigenvalue weighted by Crippen LogP contribution is 2.32. The van der Waals surface area contributed by atoms with Crippen molar-refractivity contribution in [3.63, 3.8) is 0 Å². The number of anilines is 1. The predicted octanol–water partition coefficient (Wildman–Crippen LogP) is 4.48. The number of pyridine rings is 2. The van der Waals surface area contributed by atoms with Gasteiger partial charge in [-0.05, 0) is 53.1 Å². The summed E-state index contributed by atoms with van der Waals surface area (Å²) in [7, 11) is 0. The van der Waals surface area contributed by atoms with Crippen LogP contribution in [0.1, 0.15) is 26.2 Å². The van der Waals surface area contributed by atoms with Gasteiger partial charge in [0.2, 0.25) is 0 Å². The highest BCUT2D eigenvalue weighted by Gasteiger charge is 2.24. The molecule has 0 spiro atoms. The van der Waals surface area contributed by atoms with E-state index >= 15 is 0 Å². The lowest BCUT2D eigenvalue weighted by molar-refractivity contribution is 0.757. The van der Waals surface area contributed by atoms with Gasteiger partial charge in [0, 0.05) is 28.2 Å². The lowest BCUT2D eigenvalue weighted by Crippen LogP contribution is -2.16. The summed E-state index contributed by atoms with van der Waals surface area (Å²) in [4.78, 5) is 8.89. The maximum Gasteiger partial charge on any atom is 0.112 e. The van der Waals surface area contributed by atoms with Crippen LogP contribution in [0, 0.1) is 0 Å². The van der Waals surface area contributed by atoms with Gasteiger partial charge in [-0.15, -0.1) is 0 Å². The smallest absolute Gasteiger partial charge is 0.112 e. The van der Waals surface area contributed by atoms with E-state index in [0.717, 1.165) is 26.4 Å². The Morgan fingerprint density at radius 1 is 1.40 bits per heavy atom. The maximum absolute atomic E-state index is 4.50. The lowest BCUT2D eigenvalue weighted by atomic mass is 10.2. The minimum atomic E-state index is 0.565. The molecule has 2 atom stereocenters. The van der Waals surface area contributed by atoms with Crippen molar-refractivity contribution in [2.45, 2.75) is 37.5 Å². The molecule has 1 aliphatic rings. The number of thioether (sulfide) groups is 1. The highest BCUT2D eigenvalue weighted by atomic mass is 79.9. The van der Waals surface area contributed by atoms with E-state index in [0.29, 0.717) is 6.04 Å². The second-order valence-corrected chi connectivity index (χ2v) is 7.60. The van der Waals surface area contributed by atoms with E-state index in [1.54, 1.807) is 0 Å². The SMILES string of the molecule is CCSC1CCC(Nc2ccnc3cc(Br)cnc23)C1. The number of halogens is 1. The Balaban J connectivity index is 1.78. The zero-order valence-corrected chi connectivity index (χ0v) is 13.9. The summed E-state index contributed by atoms with van der Waals surface area (Å²) >= 11 is 5.53. The molecule has 1 aliphatic carbocycles. The Bertz CT molecular complexity index is 605. The first-order valence-electron chi connectivity index (χ1n) is 7.04. The number of aromatic nitrogens is 2. The molecule has 1 fully saturated rings. The third-order valence-electron chi connectivity index (χ3n) is 3.69. The molecule has 0 saturated heterocycles. The molecule has 5 heteroatoms. The van der Waals surface area contributed by atoms with Crippen molar-refractivity contribution in [1.29, 1.82) is 0 Å². The summed E-state index contributed by atoms with van der Waals surface area (Å²) in [6.45, 7) is 2.24. The van der Waals surface area contributed by atoms with Crippen molar-refractivity contribution >= 4 is 44.4 Å². The highest BCUT2D eigenvalue weighted by molar-refractivity contribution is 9.10. The van der Waals surface area contributed by atoms with E-state index in [1.807, 2.05) is 24.5 Å². The van der Waals surface area contributed by atoms with Gasteiger partial charge in [-0.1, -0.05) is 6.92 Å². The summed E-state index contributed by atoms with van der Waals surface area (Å²) in [5.74, 6) is 1.21. The van der Waals surface area contributed by atoms with Crippen LogP contribution in [0.25, 0.3) is 11.0 Å². The van der Waals surface area contributed by atoms with Crippen molar-refractivity contribution in [3.05, 3.63) is 29.0 Å². The zero-order chi connectivity index (χ0) is 13.9. The molecule has 1 saturated carbocycles. The minimum Gasteiger partial charge on any atom is -0.380 e. The van der Waals surface area contributed by atoms with Crippen molar-refractivity contribution in [3.8, 4) is 0 Å². The molecule has 106 valence electrons. The monoisotopic (exact) mass is 351 g/mol. The third-order valence-corrected chi connectivity index (χ3v) is 5.36. The topological polar surface area (TPSA) is 37.8 Å². The molecule has 20 heavy (non-hydrogen) atoms. The fourth-order valence-electron chi connectivity index (χ4n) is 2.80. The van der Waals surface area contributed by atoms with Gasteiger partial charge in [0.15, 0.2) is 0 Å². The van der Waals surface area contributed by atoms with Crippen molar-refractivity contribution in [2.75, 3.05) is 11.1 Å². The van der Waals surface area contributed by atoms with E-state index in [9.17, 15) is 0 Å². The Hall–Kier alpha value is -0.810. The molecule has 2 aromatic rings. The number of fused-ring (bicyclic) bond motifs is 1. The second kappa shape index (κ2) is 6.31. The van der Waals surface area contributed by atoms with Gasteiger partial charge in [-0.3, -0.25) is 9.97 Å². The molecular weight excluding hydrogens is 334 g/mol. The summed E-state index contributed by atoms with van der Waals surface area (Å²) in [6.07, 6.45) is 7.50. The van der Waals surface area contributed by atoms with Crippen molar-refractivity contribution in [1.82, 2.24) is 9.97 Å². The van der Waals surface area contributed by atoms with Crippen LogP contribution in [-0.4, -0.2) is 27.0 Å². The van der Waals surface area contributed by atoms with Crippen molar-refractivity contribution < 1.29 is 0 Å². The van der Waals surface area contributed by atoms with Gasteiger partial charge in [0.25, 0.3) is 0 Å². The summed E-state index contributed by atoms with van der Waals surface area (Å²) < 4.78 is 0.968. The quantitative estimate of drug-likeness (QED) is 0.881. The average molecular weight is 352 g/mol. The maximum atomic E-state index is 4.50. The molecule has 2 aromatic heterocycles. The molecule has 1 N–H and O–H groups in total. The van der Waals surface area contributed by atoms with Gasteiger partial charge >= 0.3 is 0 Å². The van der Waals surface area contributed by atoms with E-state index in [2.05, 4.69) is 49.9 Å². The summed E-state index contributed by atoms with van der Waals surface area (Å²) in [5, 5.41) is 4.47. The first-order valence-corrected chi connectivity index (χ1v) is 8.89. The third kappa shape index (κ3) is 3.09. The molecule has 0 aliphatic heterocycles. The van der Waals surface area contributed by atoms with Crippen LogP contribution >= 0.6 is 27.7 Å². The first kappa shape index (κ1) is 14.1. The van der Waals surface area contributed by atoms with E-state index < -0.39 is 0 Å². The number of rotatable bonds is 4. The summed E-state index contributed by atoms with van der Waals surface area (Å²) in [6, 6.07) is 4.61. The molecule has 3 nitrogen and oxygen atoms in total. The van der Waals surface area contributed by atoms with Crippen LogP contribution in [-0.2, 0) is 0 Å². The van der Waals surface area contributed by atoms with Gasteiger partial charge in [0.1, 0.15) is 5.52 Å².